The molecular weight excluding hydrogens is 706 g/mol. The number of furan rings is 1. The number of nitrogens with zero attached hydrogens (tertiary/aromatic N) is 4. The molecule has 2 heterocycles. The van der Waals surface area contributed by atoms with E-state index < -0.39 is 9.84 Å². The monoisotopic (exact) mass is 734 g/mol. The summed E-state index contributed by atoms with van der Waals surface area (Å²) in [6, 6.07) is 19.6. The second-order valence-corrected chi connectivity index (χ2v) is 14.0. The molecule has 0 N–H and O–H groups in total. The molecule has 0 fully saturated rings. The molecule has 0 bridgehead atoms. The molecule has 3 aromatic carbocycles. The molecule has 0 atom stereocenters. The topological polar surface area (TPSA) is 88.8 Å². The Kier molecular flexibility index (Phi) is 9.54. The van der Waals surface area contributed by atoms with E-state index in [0.717, 1.165) is 37.2 Å². The normalized spacial score (nSPS) is 11.8. The van der Waals surface area contributed by atoms with Crippen molar-refractivity contribution < 1.29 is 22.0 Å². The Balaban J connectivity index is 1.37. The van der Waals surface area contributed by atoms with Crippen LogP contribution < -0.4 is 9.64 Å². The van der Waals surface area contributed by atoms with Gasteiger partial charge < -0.3 is 14.1 Å². The fraction of sp³-hybridized carbons (Fsp3) is 0.226. The largest absolute Gasteiger partial charge is 0.487 e. The van der Waals surface area contributed by atoms with Gasteiger partial charge in [0, 0.05) is 30.8 Å². The fourth-order valence-electron chi connectivity index (χ4n) is 4.56. The summed E-state index contributed by atoms with van der Waals surface area (Å²) in [4.78, 5) is 3.91. The van der Waals surface area contributed by atoms with Gasteiger partial charge in [-0.3, -0.25) is 4.90 Å². The number of fused-ring (bicyclic) bond motifs is 1. The summed E-state index contributed by atoms with van der Waals surface area (Å²) in [6.45, 7) is 1.10. The van der Waals surface area contributed by atoms with E-state index in [0.29, 0.717) is 35.2 Å². The van der Waals surface area contributed by atoms with E-state index in [4.69, 9.17) is 20.8 Å². The number of anilines is 2. The smallest absolute Gasteiger partial charge is 0.148 e. The van der Waals surface area contributed by atoms with Crippen molar-refractivity contribution in [1.82, 2.24) is 15.1 Å². The van der Waals surface area contributed by atoms with Crippen molar-refractivity contribution in [3.05, 3.63) is 98.7 Å². The lowest BCUT2D eigenvalue weighted by molar-refractivity contribution is 0.305. The summed E-state index contributed by atoms with van der Waals surface area (Å²) in [5.74, 6) is 1.70. The van der Waals surface area contributed by atoms with E-state index in [9.17, 15) is 12.8 Å². The molecule has 0 saturated carbocycles. The maximum Gasteiger partial charge on any atom is 0.148 e. The van der Waals surface area contributed by atoms with Crippen LogP contribution in [0.1, 0.15) is 11.3 Å². The van der Waals surface area contributed by atoms with E-state index >= 15 is 0 Å². The summed E-state index contributed by atoms with van der Waals surface area (Å²) in [7, 11) is 0.758. The molecule has 0 amide bonds. The molecule has 5 rings (SSSR count). The summed E-state index contributed by atoms with van der Waals surface area (Å²) < 4.78 is 49.4. The van der Waals surface area contributed by atoms with E-state index in [1.54, 1.807) is 24.4 Å². The standard InChI is InChI=1S/C31H29ClFIN4O4S/c1-37(13-14-43(3,39)40)18-23-8-11-28(42-23)21-7-9-25-24(16-21)27(17-35-36-25)38(2)26-10-12-29(30(32)31(26)34)41-19-20-5-4-6-22(33)15-20/h4-12,15-17H,13-14,18-19H2,1-3H3. The average molecular weight is 735 g/mol. The SMILES string of the molecule is CN(CCS(C)(=O)=O)Cc1ccc(-c2ccc3nncc(N(C)c4ccc(OCc5cccc(F)c5)c(Cl)c4I)c3c2)o1. The van der Waals surface area contributed by atoms with Crippen LogP contribution >= 0.6 is 34.2 Å². The van der Waals surface area contributed by atoms with E-state index in [2.05, 4.69) is 32.8 Å². The first kappa shape index (κ1) is 31.2. The molecule has 8 nitrogen and oxygen atoms in total. The second-order valence-electron chi connectivity index (χ2n) is 10.3. The van der Waals surface area contributed by atoms with Gasteiger partial charge in [0.25, 0.3) is 0 Å². The Morgan fingerprint density at radius 2 is 1.86 bits per heavy atom. The third-order valence-corrected chi connectivity index (χ3v) is 9.58. The van der Waals surface area contributed by atoms with Gasteiger partial charge in [-0.25, -0.2) is 12.8 Å². The summed E-state index contributed by atoms with van der Waals surface area (Å²) in [5, 5.41) is 9.86. The second kappa shape index (κ2) is 13.2. The number of ether oxygens (including phenoxy) is 1. The summed E-state index contributed by atoms with van der Waals surface area (Å²) in [5.41, 5.74) is 3.97. The maximum atomic E-state index is 13.6. The highest BCUT2D eigenvalue weighted by Crippen LogP contribution is 2.40. The van der Waals surface area contributed by atoms with Crippen molar-refractivity contribution in [2.75, 3.05) is 37.5 Å². The van der Waals surface area contributed by atoms with Crippen LogP contribution in [0.3, 0.4) is 0 Å². The molecule has 0 saturated heterocycles. The number of hydrogen-bond donors (Lipinski definition) is 0. The minimum absolute atomic E-state index is 0.0912. The molecule has 0 radical (unpaired) electrons. The molecule has 12 heteroatoms. The Morgan fingerprint density at radius 1 is 1.05 bits per heavy atom. The molecule has 0 aliphatic rings. The first-order valence-corrected chi connectivity index (χ1v) is 16.8. The van der Waals surface area contributed by atoms with Gasteiger partial charge in [-0.15, -0.1) is 0 Å². The Hall–Kier alpha value is -3.26. The highest BCUT2D eigenvalue weighted by molar-refractivity contribution is 14.1. The molecule has 0 aliphatic carbocycles. The van der Waals surface area contributed by atoms with Gasteiger partial charge >= 0.3 is 0 Å². The zero-order valence-corrected chi connectivity index (χ0v) is 27.5. The number of halogens is 3. The van der Waals surface area contributed by atoms with Crippen LogP contribution in [0, 0.1) is 9.39 Å². The zero-order valence-electron chi connectivity index (χ0n) is 23.7. The minimum Gasteiger partial charge on any atom is -0.487 e. The predicted molar refractivity (Wildman–Crippen MR) is 176 cm³/mol. The van der Waals surface area contributed by atoms with Crippen LogP contribution in [0.4, 0.5) is 15.8 Å². The summed E-state index contributed by atoms with van der Waals surface area (Å²) in [6.07, 6.45) is 2.94. The van der Waals surface area contributed by atoms with E-state index in [-0.39, 0.29) is 18.2 Å². The molecule has 2 aromatic heterocycles. The van der Waals surface area contributed by atoms with Crippen molar-refractivity contribution in [1.29, 1.82) is 0 Å². The van der Waals surface area contributed by atoms with E-state index in [1.165, 1.54) is 18.4 Å². The van der Waals surface area contributed by atoms with Crippen molar-refractivity contribution in [2.45, 2.75) is 13.2 Å². The molecule has 43 heavy (non-hydrogen) atoms. The molecule has 0 spiro atoms. The van der Waals surface area contributed by atoms with Crippen molar-refractivity contribution in [3.63, 3.8) is 0 Å². The third kappa shape index (κ3) is 7.64. The molecule has 0 unspecified atom stereocenters. The Bertz CT molecular complexity index is 1890. The van der Waals surface area contributed by atoms with Crippen LogP contribution in [0.2, 0.25) is 5.02 Å². The highest BCUT2D eigenvalue weighted by atomic mass is 127. The summed E-state index contributed by atoms with van der Waals surface area (Å²) >= 11 is 8.92. The quantitative estimate of drug-likeness (QED) is 0.133. The van der Waals surface area contributed by atoms with Gasteiger partial charge in [0.2, 0.25) is 0 Å². The van der Waals surface area contributed by atoms with Crippen LogP contribution in [0.25, 0.3) is 22.2 Å². The lowest BCUT2D eigenvalue weighted by Gasteiger charge is -2.23. The van der Waals surface area contributed by atoms with Crippen molar-refractivity contribution >= 4 is 66.3 Å². The van der Waals surface area contributed by atoms with Crippen LogP contribution in [-0.2, 0) is 23.0 Å². The number of sulfone groups is 1. The van der Waals surface area contributed by atoms with Crippen LogP contribution in [0.5, 0.6) is 5.75 Å². The first-order chi connectivity index (χ1) is 20.5. The third-order valence-electron chi connectivity index (χ3n) is 6.87. The Labute approximate surface area is 268 Å². The lowest BCUT2D eigenvalue weighted by Crippen LogP contribution is -2.24. The lowest BCUT2D eigenvalue weighted by atomic mass is 10.1. The maximum absolute atomic E-state index is 13.6. The Morgan fingerprint density at radius 3 is 2.63 bits per heavy atom. The minimum atomic E-state index is -3.04. The van der Waals surface area contributed by atoms with Crippen LogP contribution in [-0.4, -0.2) is 56.2 Å². The molecule has 5 aromatic rings. The number of benzene rings is 3. The van der Waals surface area contributed by atoms with Gasteiger partial charge in [-0.05, 0) is 89.8 Å². The van der Waals surface area contributed by atoms with E-state index in [1.807, 2.05) is 60.3 Å². The molecular formula is C31H29ClFIN4O4S. The van der Waals surface area contributed by atoms with Gasteiger partial charge in [0.1, 0.15) is 39.5 Å². The number of aromatic nitrogens is 2. The first-order valence-electron chi connectivity index (χ1n) is 13.3. The zero-order chi connectivity index (χ0) is 30.7. The van der Waals surface area contributed by atoms with Gasteiger partial charge in [0.15, 0.2) is 0 Å². The fourth-order valence-corrected chi connectivity index (χ4v) is 6.22. The van der Waals surface area contributed by atoms with Gasteiger partial charge in [-0.2, -0.15) is 10.2 Å². The van der Waals surface area contributed by atoms with Gasteiger partial charge in [0.05, 0.1) is 44.0 Å². The molecule has 0 aliphatic heterocycles. The number of rotatable bonds is 11. The number of hydrogen-bond acceptors (Lipinski definition) is 8. The average Bonchev–Trinajstić information content (AvgIpc) is 3.44. The van der Waals surface area contributed by atoms with Crippen molar-refractivity contribution in [2.24, 2.45) is 0 Å². The van der Waals surface area contributed by atoms with Gasteiger partial charge in [-0.1, -0.05) is 23.7 Å². The predicted octanol–water partition coefficient (Wildman–Crippen LogP) is 7.11. The van der Waals surface area contributed by atoms with Crippen LogP contribution in [0.15, 0.2) is 77.3 Å². The van der Waals surface area contributed by atoms with Crippen molar-refractivity contribution in [3.8, 4) is 17.1 Å². The highest BCUT2D eigenvalue weighted by Gasteiger charge is 2.18. The molecule has 224 valence electrons.